The van der Waals surface area contributed by atoms with Crippen LogP contribution in [0.2, 0.25) is 0 Å². The van der Waals surface area contributed by atoms with Crippen molar-refractivity contribution in [3.05, 3.63) is 94.2 Å². The third-order valence-electron chi connectivity index (χ3n) is 5.58. The van der Waals surface area contributed by atoms with E-state index in [9.17, 15) is 4.79 Å². The molecular weight excluding hydrogens is 506 g/mol. The van der Waals surface area contributed by atoms with Gasteiger partial charge in [0.2, 0.25) is 0 Å². The smallest absolute Gasteiger partial charge is 0.251 e. The van der Waals surface area contributed by atoms with Gasteiger partial charge in [-0.25, -0.2) is 4.98 Å². The molecule has 1 amide bonds. The van der Waals surface area contributed by atoms with Crippen LogP contribution in [0.1, 0.15) is 35.1 Å². The van der Waals surface area contributed by atoms with Crippen LogP contribution in [0.15, 0.2) is 77.3 Å². The molecule has 6 nitrogen and oxygen atoms in total. The number of nitrogens with one attached hydrogen (secondary N) is 1. The lowest BCUT2D eigenvalue weighted by atomic mass is 10.2. The number of para-hydroxylation sites is 2. The SMILES string of the molecule is C/C=C/c1ccc(OCCCn2c(CNC(=O)c3ccc(Br)cc3)nc3ccccc32)c(OC)c1. The zero-order chi connectivity index (χ0) is 24.6. The van der Waals surface area contributed by atoms with Crippen molar-refractivity contribution >= 4 is 38.9 Å². The summed E-state index contributed by atoms with van der Waals surface area (Å²) in [6.45, 7) is 3.56. The minimum Gasteiger partial charge on any atom is -0.493 e. The van der Waals surface area contributed by atoms with E-state index < -0.39 is 0 Å². The molecule has 1 N–H and O–H groups in total. The van der Waals surface area contributed by atoms with E-state index in [1.54, 1.807) is 19.2 Å². The van der Waals surface area contributed by atoms with E-state index in [4.69, 9.17) is 14.5 Å². The van der Waals surface area contributed by atoms with Gasteiger partial charge in [0.1, 0.15) is 5.82 Å². The maximum Gasteiger partial charge on any atom is 0.251 e. The standard InChI is InChI=1S/C28H28BrN3O3/c1-3-7-20-10-15-25(26(18-20)34-2)35-17-6-16-32-24-9-5-4-8-23(24)31-27(32)19-30-28(33)21-11-13-22(29)14-12-21/h3-5,7-15,18H,6,16-17,19H2,1-2H3,(H,30,33)/b7-3+. The number of imidazole rings is 1. The number of methoxy groups -OCH3 is 1. The molecule has 0 fully saturated rings. The number of halogens is 1. The van der Waals surface area contributed by atoms with E-state index in [0.29, 0.717) is 31.0 Å². The molecular formula is C28H28BrN3O3. The van der Waals surface area contributed by atoms with E-state index in [1.807, 2.05) is 73.7 Å². The Morgan fingerprint density at radius 3 is 2.66 bits per heavy atom. The highest BCUT2D eigenvalue weighted by molar-refractivity contribution is 9.10. The van der Waals surface area contributed by atoms with Crippen LogP contribution in [0.4, 0.5) is 0 Å². The Kier molecular flexibility index (Phi) is 8.21. The molecule has 0 bridgehead atoms. The van der Waals surface area contributed by atoms with E-state index >= 15 is 0 Å². The molecule has 0 aliphatic heterocycles. The number of benzene rings is 3. The maximum absolute atomic E-state index is 12.6. The fourth-order valence-corrected chi connectivity index (χ4v) is 4.14. The Labute approximate surface area is 213 Å². The van der Waals surface area contributed by atoms with Crippen molar-refractivity contribution in [1.29, 1.82) is 0 Å². The van der Waals surface area contributed by atoms with Crippen LogP contribution in [0.25, 0.3) is 17.1 Å². The second-order valence-corrected chi connectivity index (χ2v) is 8.89. The molecule has 0 saturated heterocycles. The third-order valence-corrected chi connectivity index (χ3v) is 6.11. The van der Waals surface area contributed by atoms with Gasteiger partial charge < -0.3 is 19.4 Å². The highest BCUT2D eigenvalue weighted by Gasteiger charge is 2.13. The van der Waals surface area contributed by atoms with Crippen molar-refractivity contribution in [2.75, 3.05) is 13.7 Å². The number of ether oxygens (including phenoxy) is 2. The van der Waals surface area contributed by atoms with Gasteiger partial charge in [0.25, 0.3) is 5.91 Å². The summed E-state index contributed by atoms with van der Waals surface area (Å²) in [6.07, 6.45) is 4.78. The molecule has 0 saturated carbocycles. The fourth-order valence-electron chi connectivity index (χ4n) is 3.88. The van der Waals surface area contributed by atoms with E-state index in [1.165, 1.54) is 0 Å². The minimum absolute atomic E-state index is 0.132. The summed E-state index contributed by atoms with van der Waals surface area (Å²) in [5.74, 6) is 2.11. The van der Waals surface area contributed by atoms with Crippen LogP contribution in [0.5, 0.6) is 11.5 Å². The van der Waals surface area contributed by atoms with E-state index in [2.05, 4.69) is 25.8 Å². The monoisotopic (exact) mass is 533 g/mol. The molecule has 0 atom stereocenters. The predicted octanol–water partition coefficient (Wildman–Crippen LogP) is 6.24. The largest absolute Gasteiger partial charge is 0.493 e. The summed E-state index contributed by atoms with van der Waals surface area (Å²) >= 11 is 3.40. The molecule has 0 spiro atoms. The van der Waals surface area contributed by atoms with Crippen LogP contribution in [0.3, 0.4) is 0 Å². The number of nitrogens with zero attached hydrogens (tertiary/aromatic N) is 2. The second kappa shape index (κ2) is 11.7. The average molecular weight is 534 g/mol. The van der Waals surface area contributed by atoms with Crippen LogP contribution in [0, 0.1) is 0 Å². The first-order chi connectivity index (χ1) is 17.1. The normalized spacial score (nSPS) is 11.2. The molecule has 3 aromatic carbocycles. The molecule has 0 aliphatic rings. The quantitative estimate of drug-likeness (QED) is 0.245. The molecule has 1 heterocycles. The first kappa shape index (κ1) is 24.5. The van der Waals surface area contributed by atoms with Crippen LogP contribution in [-0.2, 0) is 13.1 Å². The Balaban J connectivity index is 1.42. The van der Waals surface area contributed by atoms with Crippen LogP contribution in [-0.4, -0.2) is 29.2 Å². The molecule has 1 aromatic heterocycles. The summed E-state index contributed by atoms with van der Waals surface area (Å²) in [7, 11) is 1.65. The van der Waals surface area contributed by atoms with Crippen molar-refractivity contribution in [1.82, 2.24) is 14.9 Å². The number of hydrogen-bond acceptors (Lipinski definition) is 4. The van der Waals surface area contributed by atoms with Crippen LogP contribution < -0.4 is 14.8 Å². The summed E-state index contributed by atoms with van der Waals surface area (Å²) in [4.78, 5) is 17.4. The summed E-state index contributed by atoms with van der Waals surface area (Å²) in [5, 5.41) is 2.99. The molecule has 4 aromatic rings. The summed E-state index contributed by atoms with van der Waals surface area (Å²) < 4.78 is 14.6. The topological polar surface area (TPSA) is 65.4 Å². The number of aryl methyl sites for hydroxylation is 1. The predicted molar refractivity (Wildman–Crippen MR) is 143 cm³/mol. The number of amides is 1. The van der Waals surface area contributed by atoms with Gasteiger partial charge in [-0.1, -0.05) is 46.3 Å². The summed E-state index contributed by atoms with van der Waals surface area (Å²) in [6, 6.07) is 21.2. The van der Waals surface area contributed by atoms with Gasteiger partial charge in [0.05, 0.1) is 31.3 Å². The first-order valence-corrected chi connectivity index (χ1v) is 12.3. The van der Waals surface area contributed by atoms with Crippen molar-refractivity contribution in [3.63, 3.8) is 0 Å². The van der Waals surface area contributed by atoms with Gasteiger partial charge in [-0.05, 0) is 67.4 Å². The lowest BCUT2D eigenvalue weighted by Crippen LogP contribution is -2.25. The Morgan fingerprint density at radius 1 is 1.09 bits per heavy atom. The zero-order valence-corrected chi connectivity index (χ0v) is 21.4. The van der Waals surface area contributed by atoms with E-state index in [0.717, 1.165) is 39.1 Å². The van der Waals surface area contributed by atoms with Gasteiger partial charge in [-0.2, -0.15) is 0 Å². The Bertz CT molecular complexity index is 1330. The molecule has 0 unspecified atom stereocenters. The molecule has 0 radical (unpaired) electrons. The lowest BCUT2D eigenvalue weighted by molar-refractivity contribution is 0.0949. The Hall–Kier alpha value is -3.58. The fraction of sp³-hybridized carbons (Fsp3) is 0.214. The average Bonchev–Trinajstić information content (AvgIpc) is 3.23. The van der Waals surface area contributed by atoms with Crippen LogP contribution >= 0.6 is 15.9 Å². The molecule has 4 rings (SSSR count). The molecule has 7 heteroatoms. The number of aromatic nitrogens is 2. The van der Waals surface area contributed by atoms with E-state index in [-0.39, 0.29) is 5.91 Å². The van der Waals surface area contributed by atoms with Gasteiger partial charge in [0, 0.05) is 16.6 Å². The van der Waals surface area contributed by atoms with Crippen molar-refractivity contribution in [3.8, 4) is 11.5 Å². The lowest BCUT2D eigenvalue weighted by Gasteiger charge is -2.13. The number of hydrogen-bond donors (Lipinski definition) is 1. The molecule has 180 valence electrons. The molecule has 0 aliphatic carbocycles. The second-order valence-electron chi connectivity index (χ2n) is 7.97. The maximum atomic E-state index is 12.6. The van der Waals surface area contributed by atoms with Crippen molar-refractivity contribution in [2.24, 2.45) is 0 Å². The summed E-state index contributed by atoms with van der Waals surface area (Å²) in [5.41, 5.74) is 3.62. The van der Waals surface area contributed by atoms with Gasteiger partial charge in [0.15, 0.2) is 11.5 Å². The van der Waals surface area contributed by atoms with Gasteiger partial charge in [-0.3, -0.25) is 4.79 Å². The minimum atomic E-state index is -0.132. The van der Waals surface area contributed by atoms with Crippen molar-refractivity contribution in [2.45, 2.75) is 26.4 Å². The number of carbonyl (C=O) groups excluding carboxylic acids is 1. The van der Waals surface area contributed by atoms with Gasteiger partial charge >= 0.3 is 0 Å². The number of rotatable bonds is 10. The zero-order valence-electron chi connectivity index (χ0n) is 19.8. The highest BCUT2D eigenvalue weighted by Crippen LogP contribution is 2.29. The third kappa shape index (κ3) is 6.11. The number of carbonyl (C=O) groups is 1. The number of allylic oxidation sites excluding steroid dienone is 1. The van der Waals surface area contributed by atoms with Gasteiger partial charge in [-0.15, -0.1) is 0 Å². The molecule has 35 heavy (non-hydrogen) atoms. The first-order valence-electron chi connectivity index (χ1n) is 11.5. The van der Waals surface area contributed by atoms with Crippen molar-refractivity contribution < 1.29 is 14.3 Å². The Morgan fingerprint density at radius 2 is 1.89 bits per heavy atom. The number of fused-ring (bicyclic) bond motifs is 1. The highest BCUT2D eigenvalue weighted by atomic mass is 79.9.